The number of aliphatic carboxylic acids is 1. The highest BCUT2D eigenvalue weighted by Crippen LogP contribution is 2.37. The molecule has 9 nitrogen and oxygen atoms in total. The predicted octanol–water partition coefficient (Wildman–Crippen LogP) is 5.30. The summed E-state index contributed by atoms with van der Waals surface area (Å²) in [4.78, 5) is 46.7. The number of aromatic hydroxyl groups is 1. The van der Waals surface area contributed by atoms with E-state index >= 15 is 0 Å². The number of aromatic nitrogens is 3. The minimum atomic E-state index is -4.58. The second-order valence-electron chi connectivity index (χ2n) is 9.89. The number of fused-ring (bicyclic) bond motifs is 1. The summed E-state index contributed by atoms with van der Waals surface area (Å²) in [6, 6.07) is 18.0. The number of carbonyl (C=O) groups excluding carboxylic acids is 1. The maximum absolute atomic E-state index is 14.1. The second kappa shape index (κ2) is 12.4. The van der Waals surface area contributed by atoms with E-state index in [0.29, 0.717) is 12.0 Å². The number of halogens is 3. The van der Waals surface area contributed by atoms with Crippen LogP contribution in [0.1, 0.15) is 28.0 Å². The third-order valence-electron chi connectivity index (χ3n) is 6.98. The maximum Gasteiger partial charge on any atom is 0.416 e. The smallest absolute Gasteiger partial charge is 0.416 e. The van der Waals surface area contributed by atoms with Gasteiger partial charge in [-0.1, -0.05) is 42.5 Å². The van der Waals surface area contributed by atoms with E-state index in [-0.39, 0.29) is 47.2 Å². The number of nitrogens with zero attached hydrogens (tertiary/aromatic N) is 3. The van der Waals surface area contributed by atoms with Gasteiger partial charge in [-0.3, -0.25) is 19.4 Å². The van der Waals surface area contributed by atoms with Crippen LogP contribution in [0.4, 0.5) is 13.2 Å². The van der Waals surface area contributed by atoms with Crippen LogP contribution in [-0.4, -0.2) is 43.2 Å². The second-order valence-corrected chi connectivity index (χ2v) is 9.89. The first-order valence-electron chi connectivity index (χ1n) is 13.5. The summed E-state index contributed by atoms with van der Waals surface area (Å²) in [5.74, 6) is -2.57. The fourth-order valence-corrected chi connectivity index (χ4v) is 4.82. The van der Waals surface area contributed by atoms with Crippen LogP contribution < -0.4 is 10.9 Å². The number of hydrogen-bond acceptors (Lipinski definition) is 6. The lowest BCUT2D eigenvalue weighted by atomic mass is 10.00. The Balaban J connectivity index is 1.77. The van der Waals surface area contributed by atoms with Crippen LogP contribution in [0.5, 0.6) is 5.75 Å². The molecule has 0 aliphatic carbocycles. The van der Waals surface area contributed by atoms with E-state index in [4.69, 9.17) is 5.11 Å². The van der Waals surface area contributed by atoms with Crippen LogP contribution in [-0.2, 0) is 23.9 Å². The Morgan fingerprint density at radius 3 is 2.32 bits per heavy atom. The largest absolute Gasteiger partial charge is 0.505 e. The lowest BCUT2D eigenvalue weighted by Gasteiger charge is -2.19. The van der Waals surface area contributed by atoms with Crippen molar-refractivity contribution in [1.29, 1.82) is 0 Å². The van der Waals surface area contributed by atoms with Crippen molar-refractivity contribution in [2.24, 2.45) is 0 Å². The van der Waals surface area contributed by atoms with Gasteiger partial charge in [0, 0.05) is 42.0 Å². The van der Waals surface area contributed by atoms with Gasteiger partial charge in [-0.05, 0) is 47.9 Å². The zero-order valence-electron chi connectivity index (χ0n) is 23.0. The highest BCUT2D eigenvalue weighted by Gasteiger charge is 2.30. The van der Waals surface area contributed by atoms with Crippen molar-refractivity contribution in [3.63, 3.8) is 0 Å². The molecule has 3 N–H and O–H groups in total. The van der Waals surface area contributed by atoms with Gasteiger partial charge in [0.25, 0.3) is 11.5 Å². The SMILES string of the molecule is O=C(O)CCNC(=O)c1nc(-c2cccnc2)c2c(cc(-c3ccc(C(F)(F)F)cc3)c(=O)n2CCc2ccccc2)c1O. The third-order valence-corrected chi connectivity index (χ3v) is 6.98. The van der Waals surface area contributed by atoms with Crippen molar-refractivity contribution < 1.29 is 33.0 Å². The average Bonchev–Trinajstić information content (AvgIpc) is 3.01. The molecule has 0 unspecified atom stereocenters. The number of pyridine rings is 3. The van der Waals surface area contributed by atoms with Crippen molar-refractivity contribution in [2.75, 3.05) is 6.54 Å². The number of rotatable bonds is 9. The first kappa shape index (κ1) is 30.0. The standard InChI is InChI=1S/C32H25F3N4O5/c33-32(34,35)22-10-8-20(9-11-22)23-17-24-28(39(31(23)44)16-13-19-5-2-1-3-6-19)26(21-7-4-14-36-18-21)38-27(29(24)42)30(43)37-15-12-25(40)41/h1-11,14,17-18,42H,12-13,15-16H2,(H,37,43)(H,40,41). The van der Waals surface area contributed by atoms with Gasteiger partial charge in [-0.25, -0.2) is 4.98 Å². The minimum Gasteiger partial charge on any atom is -0.505 e. The molecule has 0 saturated heterocycles. The Morgan fingerprint density at radius 2 is 1.68 bits per heavy atom. The number of amides is 1. The van der Waals surface area contributed by atoms with Crippen LogP contribution in [0.15, 0.2) is 90.0 Å². The van der Waals surface area contributed by atoms with Gasteiger partial charge in [-0.15, -0.1) is 0 Å². The van der Waals surface area contributed by atoms with Crippen molar-refractivity contribution in [1.82, 2.24) is 19.9 Å². The quantitative estimate of drug-likeness (QED) is 0.209. The van der Waals surface area contributed by atoms with Crippen molar-refractivity contribution >= 4 is 22.8 Å². The van der Waals surface area contributed by atoms with Crippen LogP contribution in [0.25, 0.3) is 33.3 Å². The van der Waals surface area contributed by atoms with Crippen LogP contribution in [0, 0.1) is 0 Å². The van der Waals surface area contributed by atoms with Gasteiger partial charge in [-0.2, -0.15) is 13.2 Å². The van der Waals surface area contributed by atoms with Gasteiger partial charge in [0.2, 0.25) is 0 Å². The molecule has 0 fully saturated rings. The molecule has 0 aliphatic rings. The van der Waals surface area contributed by atoms with Crippen molar-refractivity contribution in [3.8, 4) is 28.1 Å². The molecule has 3 heterocycles. The summed E-state index contributed by atoms with van der Waals surface area (Å²) in [5.41, 5.74) is -0.0220. The molecule has 1 amide bonds. The summed E-state index contributed by atoms with van der Waals surface area (Å²) < 4.78 is 41.2. The summed E-state index contributed by atoms with van der Waals surface area (Å²) in [6.07, 6.45) is -1.57. The Labute approximate surface area is 248 Å². The monoisotopic (exact) mass is 602 g/mol. The molecule has 0 bridgehead atoms. The average molecular weight is 603 g/mol. The fraction of sp³-hybridized carbons (Fsp3) is 0.156. The Bertz CT molecular complexity index is 1890. The number of carbonyl (C=O) groups is 2. The Hall–Kier alpha value is -5.52. The van der Waals surface area contributed by atoms with Gasteiger partial charge in [0.1, 0.15) is 0 Å². The third kappa shape index (κ3) is 6.28. The lowest BCUT2D eigenvalue weighted by Crippen LogP contribution is -2.28. The molecule has 224 valence electrons. The van der Waals surface area contributed by atoms with Gasteiger partial charge in [0.15, 0.2) is 11.4 Å². The fourth-order valence-electron chi connectivity index (χ4n) is 4.82. The molecule has 0 spiro atoms. The van der Waals surface area contributed by atoms with E-state index in [2.05, 4.69) is 15.3 Å². The molecule has 5 rings (SSSR count). The molecule has 5 aromatic rings. The van der Waals surface area contributed by atoms with Gasteiger partial charge < -0.3 is 20.1 Å². The lowest BCUT2D eigenvalue weighted by molar-refractivity contribution is -0.138. The zero-order chi connectivity index (χ0) is 31.4. The maximum atomic E-state index is 14.1. The first-order chi connectivity index (χ1) is 21.0. The molecule has 0 radical (unpaired) electrons. The van der Waals surface area contributed by atoms with E-state index in [1.165, 1.54) is 35.2 Å². The van der Waals surface area contributed by atoms with Crippen molar-refractivity contribution in [3.05, 3.63) is 112 Å². The normalized spacial score (nSPS) is 11.4. The number of aryl methyl sites for hydroxylation is 2. The van der Waals surface area contributed by atoms with E-state index in [0.717, 1.165) is 17.7 Å². The topological polar surface area (TPSA) is 134 Å². The minimum absolute atomic E-state index is 0.00448. The molecule has 2 aromatic carbocycles. The number of carboxylic acids is 1. The number of benzene rings is 2. The van der Waals surface area contributed by atoms with Gasteiger partial charge >= 0.3 is 12.1 Å². The molecule has 44 heavy (non-hydrogen) atoms. The molecular formula is C32H25F3N4O5. The summed E-state index contributed by atoms with van der Waals surface area (Å²) >= 11 is 0. The molecule has 3 aromatic heterocycles. The number of carboxylic acid groups (broad SMARTS) is 1. The van der Waals surface area contributed by atoms with Crippen molar-refractivity contribution in [2.45, 2.75) is 25.6 Å². The number of hydrogen-bond donors (Lipinski definition) is 3. The van der Waals surface area contributed by atoms with E-state index in [1.807, 2.05) is 30.3 Å². The predicted molar refractivity (Wildman–Crippen MR) is 156 cm³/mol. The number of nitrogens with one attached hydrogen (secondary N) is 1. The Morgan fingerprint density at radius 1 is 0.955 bits per heavy atom. The molecule has 0 aliphatic heterocycles. The number of alkyl halides is 3. The van der Waals surface area contributed by atoms with E-state index < -0.39 is 40.6 Å². The van der Waals surface area contributed by atoms with Crippen LogP contribution in [0.2, 0.25) is 0 Å². The molecular weight excluding hydrogens is 577 g/mol. The molecule has 0 atom stereocenters. The van der Waals surface area contributed by atoms with Crippen LogP contribution in [0.3, 0.4) is 0 Å². The first-order valence-corrected chi connectivity index (χ1v) is 13.5. The Kier molecular flexibility index (Phi) is 8.43. The summed E-state index contributed by atoms with van der Waals surface area (Å²) in [7, 11) is 0. The molecule has 0 saturated carbocycles. The van der Waals surface area contributed by atoms with E-state index in [1.54, 1.807) is 12.1 Å². The summed E-state index contributed by atoms with van der Waals surface area (Å²) in [6.45, 7) is -0.130. The van der Waals surface area contributed by atoms with E-state index in [9.17, 15) is 32.7 Å². The zero-order valence-corrected chi connectivity index (χ0v) is 23.0. The van der Waals surface area contributed by atoms with Crippen LogP contribution >= 0.6 is 0 Å². The van der Waals surface area contributed by atoms with Gasteiger partial charge in [0.05, 0.1) is 23.2 Å². The highest BCUT2D eigenvalue weighted by atomic mass is 19.4. The highest BCUT2D eigenvalue weighted by molar-refractivity contribution is 6.06. The summed E-state index contributed by atoms with van der Waals surface area (Å²) in [5, 5.41) is 22.8. The molecule has 12 heteroatoms.